The SMILES string of the molecule is CS(=O)(=O)c1cccc(C(N)CC2CCOCC2)c1. The van der Waals surface area contributed by atoms with Crippen molar-refractivity contribution in [3.63, 3.8) is 0 Å². The molecule has 0 bridgehead atoms. The maximum atomic E-state index is 11.5. The Labute approximate surface area is 114 Å². The van der Waals surface area contributed by atoms with E-state index >= 15 is 0 Å². The van der Waals surface area contributed by atoms with E-state index in [1.807, 2.05) is 6.07 Å². The van der Waals surface area contributed by atoms with Crippen LogP contribution < -0.4 is 5.73 Å². The molecule has 1 aromatic carbocycles. The Hall–Kier alpha value is -0.910. The zero-order valence-corrected chi connectivity index (χ0v) is 12.0. The summed E-state index contributed by atoms with van der Waals surface area (Å²) < 4.78 is 28.4. The molecule has 1 aliphatic rings. The smallest absolute Gasteiger partial charge is 0.175 e. The van der Waals surface area contributed by atoms with E-state index in [4.69, 9.17) is 10.5 Å². The number of hydrogen-bond donors (Lipinski definition) is 1. The van der Waals surface area contributed by atoms with Gasteiger partial charge in [-0.1, -0.05) is 12.1 Å². The van der Waals surface area contributed by atoms with Crippen molar-refractivity contribution in [3.05, 3.63) is 29.8 Å². The molecule has 19 heavy (non-hydrogen) atoms. The number of hydrogen-bond acceptors (Lipinski definition) is 4. The Morgan fingerprint density at radius 3 is 2.68 bits per heavy atom. The van der Waals surface area contributed by atoms with Gasteiger partial charge in [0.2, 0.25) is 0 Å². The average Bonchev–Trinajstić information content (AvgIpc) is 2.39. The molecule has 106 valence electrons. The number of nitrogens with two attached hydrogens (primary N) is 1. The van der Waals surface area contributed by atoms with Crippen molar-refractivity contribution in [2.75, 3.05) is 19.5 Å². The van der Waals surface area contributed by atoms with E-state index < -0.39 is 9.84 Å². The second kappa shape index (κ2) is 6.03. The predicted molar refractivity (Wildman–Crippen MR) is 74.6 cm³/mol. The largest absolute Gasteiger partial charge is 0.381 e. The van der Waals surface area contributed by atoms with E-state index in [-0.39, 0.29) is 6.04 Å². The Morgan fingerprint density at radius 2 is 2.05 bits per heavy atom. The zero-order chi connectivity index (χ0) is 13.9. The molecule has 0 saturated carbocycles. The molecule has 0 radical (unpaired) electrons. The molecule has 1 unspecified atom stereocenters. The van der Waals surface area contributed by atoms with E-state index in [2.05, 4.69) is 0 Å². The van der Waals surface area contributed by atoms with E-state index in [0.717, 1.165) is 38.0 Å². The minimum absolute atomic E-state index is 0.107. The van der Waals surface area contributed by atoms with E-state index in [0.29, 0.717) is 10.8 Å². The first-order chi connectivity index (χ1) is 8.97. The van der Waals surface area contributed by atoms with Crippen molar-refractivity contribution in [3.8, 4) is 0 Å². The van der Waals surface area contributed by atoms with Gasteiger partial charge in [-0.15, -0.1) is 0 Å². The first-order valence-corrected chi connectivity index (χ1v) is 8.49. The van der Waals surface area contributed by atoms with Gasteiger partial charge in [0.05, 0.1) is 4.90 Å². The van der Waals surface area contributed by atoms with Crippen LogP contribution in [0.1, 0.15) is 30.9 Å². The second-order valence-corrected chi connectivity index (χ2v) is 7.26. The average molecular weight is 283 g/mol. The molecule has 4 nitrogen and oxygen atoms in total. The van der Waals surface area contributed by atoms with E-state index in [1.54, 1.807) is 18.2 Å². The maximum absolute atomic E-state index is 11.5. The molecule has 0 amide bonds. The monoisotopic (exact) mass is 283 g/mol. The summed E-state index contributed by atoms with van der Waals surface area (Å²) in [4.78, 5) is 0.340. The third kappa shape index (κ3) is 4.03. The second-order valence-electron chi connectivity index (χ2n) is 5.24. The molecule has 1 aliphatic heterocycles. The van der Waals surface area contributed by atoms with Crippen LogP contribution in [0.4, 0.5) is 0 Å². The van der Waals surface area contributed by atoms with Crippen LogP contribution in [0.25, 0.3) is 0 Å². The van der Waals surface area contributed by atoms with Crippen LogP contribution in [0.3, 0.4) is 0 Å². The lowest BCUT2D eigenvalue weighted by Crippen LogP contribution is -2.21. The molecule has 1 heterocycles. The Kier molecular flexibility index (Phi) is 4.60. The van der Waals surface area contributed by atoms with Gasteiger partial charge in [-0.2, -0.15) is 0 Å². The molecule has 2 rings (SSSR count). The van der Waals surface area contributed by atoms with Gasteiger partial charge in [-0.3, -0.25) is 0 Å². The fourth-order valence-electron chi connectivity index (χ4n) is 2.45. The maximum Gasteiger partial charge on any atom is 0.175 e. The summed E-state index contributed by atoms with van der Waals surface area (Å²) in [5.74, 6) is 0.575. The lowest BCUT2D eigenvalue weighted by Gasteiger charge is -2.25. The summed E-state index contributed by atoms with van der Waals surface area (Å²) in [6, 6.07) is 6.86. The summed E-state index contributed by atoms with van der Waals surface area (Å²) >= 11 is 0. The lowest BCUT2D eigenvalue weighted by molar-refractivity contribution is 0.0618. The van der Waals surface area contributed by atoms with Gasteiger partial charge in [0, 0.05) is 25.5 Å². The molecule has 5 heteroatoms. The Balaban J connectivity index is 2.08. The first kappa shape index (κ1) is 14.5. The van der Waals surface area contributed by atoms with Gasteiger partial charge in [-0.05, 0) is 42.9 Å². The van der Waals surface area contributed by atoms with Crippen molar-refractivity contribution in [1.29, 1.82) is 0 Å². The highest BCUT2D eigenvalue weighted by atomic mass is 32.2. The normalized spacial score (nSPS) is 19.3. The van der Waals surface area contributed by atoms with Gasteiger partial charge in [0.1, 0.15) is 0 Å². The molecule has 0 aliphatic carbocycles. The molecule has 0 spiro atoms. The summed E-state index contributed by atoms with van der Waals surface area (Å²) in [5, 5.41) is 0. The highest BCUT2D eigenvalue weighted by molar-refractivity contribution is 7.90. The van der Waals surface area contributed by atoms with Gasteiger partial charge in [-0.25, -0.2) is 8.42 Å². The van der Waals surface area contributed by atoms with Crippen molar-refractivity contribution in [2.45, 2.75) is 30.2 Å². The van der Waals surface area contributed by atoms with Crippen molar-refractivity contribution >= 4 is 9.84 Å². The van der Waals surface area contributed by atoms with Crippen LogP contribution >= 0.6 is 0 Å². The predicted octanol–water partition coefficient (Wildman–Crippen LogP) is 1.91. The van der Waals surface area contributed by atoms with Gasteiger partial charge in [0.25, 0.3) is 0 Å². The van der Waals surface area contributed by atoms with Crippen LogP contribution in [-0.4, -0.2) is 27.9 Å². The minimum atomic E-state index is -3.17. The number of rotatable bonds is 4. The Bertz CT molecular complexity index is 521. The minimum Gasteiger partial charge on any atom is -0.381 e. The van der Waals surface area contributed by atoms with Crippen LogP contribution in [-0.2, 0) is 14.6 Å². The van der Waals surface area contributed by atoms with Gasteiger partial charge in [0.15, 0.2) is 9.84 Å². The summed E-state index contributed by atoms with van der Waals surface area (Å²) in [7, 11) is -3.17. The molecule has 1 atom stereocenters. The van der Waals surface area contributed by atoms with Crippen LogP contribution in [0.15, 0.2) is 29.2 Å². The standard InChI is InChI=1S/C14H21NO3S/c1-19(16,17)13-4-2-3-12(10-13)14(15)9-11-5-7-18-8-6-11/h2-4,10-11,14H,5-9,15H2,1H3. The van der Waals surface area contributed by atoms with Crippen molar-refractivity contribution in [1.82, 2.24) is 0 Å². The molecule has 1 aromatic rings. The Morgan fingerprint density at radius 1 is 1.37 bits per heavy atom. The fourth-order valence-corrected chi connectivity index (χ4v) is 3.13. The molecule has 2 N–H and O–H groups in total. The topological polar surface area (TPSA) is 69.4 Å². The molecule has 1 saturated heterocycles. The van der Waals surface area contributed by atoms with Gasteiger partial charge < -0.3 is 10.5 Å². The molecular formula is C14H21NO3S. The number of benzene rings is 1. The van der Waals surface area contributed by atoms with E-state index in [9.17, 15) is 8.42 Å². The van der Waals surface area contributed by atoms with Crippen LogP contribution in [0, 0.1) is 5.92 Å². The number of sulfone groups is 1. The third-order valence-electron chi connectivity index (χ3n) is 3.64. The number of ether oxygens (including phenoxy) is 1. The van der Waals surface area contributed by atoms with Gasteiger partial charge >= 0.3 is 0 Å². The quantitative estimate of drug-likeness (QED) is 0.916. The fraction of sp³-hybridized carbons (Fsp3) is 0.571. The zero-order valence-electron chi connectivity index (χ0n) is 11.2. The van der Waals surface area contributed by atoms with E-state index in [1.165, 1.54) is 6.26 Å². The molecule has 0 aromatic heterocycles. The highest BCUT2D eigenvalue weighted by Gasteiger charge is 2.19. The molecular weight excluding hydrogens is 262 g/mol. The van der Waals surface area contributed by atoms with Crippen LogP contribution in [0.5, 0.6) is 0 Å². The van der Waals surface area contributed by atoms with Crippen molar-refractivity contribution < 1.29 is 13.2 Å². The summed E-state index contributed by atoms with van der Waals surface area (Å²) in [5.41, 5.74) is 7.10. The molecule has 1 fully saturated rings. The highest BCUT2D eigenvalue weighted by Crippen LogP contribution is 2.27. The third-order valence-corrected chi connectivity index (χ3v) is 4.75. The van der Waals surface area contributed by atoms with Crippen LogP contribution in [0.2, 0.25) is 0 Å². The lowest BCUT2D eigenvalue weighted by atomic mass is 9.90. The first-order valence-electron chi connectivity index (χ1n) is 6.60. The summed E-state index contributed by atoms with van der Waals surface area (Å²) in [6.07, 6.45) is 4.19. The summed E-state index contributed by atoms with van der Waals surface area (Å²) in [6.45, 7) is 1.61. The van der Waals surface area contributed by atoms with Crippen molar-refractivity contribution in [2.24, 2.45) is 11.7 Å².